The summed E-state index contributed by atoms with van der Waals surface area (Å²) in [5.74, 6) is 0.301. The summed E-state index contributed by atoms with van der Waals surface area (Å²) in [6, 6.07) is 6.30. The Morgan fingerprint density at radius 2 is 2.35 bits per heavy atom. The monoisotopic (exact) mass is 248 g/mol. The van der Waals surface area contributed by atoms with Crippen molar-refractivity contribution < 1.29 is 4.39 Å². The second-order valence-electron chi connectivity index (χ2n) is 3.42. The van der Waals surface area contributed by atoms with E-state index >= 15 is 0 Å². The van der Waals surface area contributed by atoms with E-state index in [0.29, 0.717) is 28.6 Å². The topological polar surface area (TPSA) is 61.6 Å². The van der Waals surface area contributed by atoms with Crippen molar-refractivity contribution in [3.63, 3.8) is 0 Å². The second kappa shape index (κ2) is 4.89. The smallest absolute Gasteiger partial charge is 0.202 e. The molecule has 86 valence electrons. The predicted octanol–water partition coefficient (Wildman–Crippen LogP) is 2.47. The van der Waals surface area contributed by atoms with Crippen LogP contribution in [0.15, 0.2) is 18.2 Å². The quantitative estimate of drug-likeness (QED) is 0.906. The van der Waals surface area contributed by atoms with Crippen molar-refractivity contribution in [2.45, 2.75) is 13.5 Å². The highest BCUT2D eigenvalue weighted by atomic mass is 32.1. The van der Waals surface area contributed by atoms with Crippen molar-refractivity contribution in [3.8, 4) is 6.07 Å². The molecule has 0 fully saturated rings. The van der Waals surface area contributed by atoms with Gasteiger partial charge in [-0.25, -0.2) is 9.37 Å². The minimum atomic E-state index is -0.391. The van der Waals surface area contributed by atoms with Crippen LogP contribution < -0.4 is 5.32 Å². The number of nitriles is 1. The number of nitrogens with one attached hydrogen (secondary N) is 1. The molecule has 2 aromatic rings. The van der Waals surface area contributed by atoms with E-state index in [1.807, 2.05) is 6.07 Å². The van der Waals surface area contributed by atoms with E-state index in [0.717, 1.165) is 0 Å². The number of benzene rings is 1. The van der Waals surface area contributed by atoms with Crippen molar-refractivity contribution in [2.24, 2.45) is 0 Å². The molecular formula is C11H9FN4S. The Morgan fingerprint density at radius 1 is 1.53 bits per heavy atom. The van der Waals surface area contributed by atoms with E-state index in [9.17, 15) is 4.39 Å². The molecule has 0 unspecified atom stereocenters. The zero-order chi connectivity index (χ0) is 12.3. The van der Waals surface area contributed by atoms with Gasteiger partial charge in [-0.2, -0.15) is 9.64 Å². The molecule has 0 atom stereocenters. The van der Waals surface area contributed by atoms with E-state index in [-0.39, 0.29) is 0 Å². The predicted molar refractivity (Wildman–Crippen MR) is 63.1 cm³/mol. The SMILES string of the molecule is Cc1nsc(NCc2ccc(C#N)cc2F)n1. The molecule has 1 N–H and O–H groups in total. The highest BCUT2D eigenvalue weighted by Crippen LogP contribution is 2.14. The molecular weight excluding hydrogens is 239 g/mol. The van der Waals surface area contributed by atoms with Crippen LogP contribution in [-0.2, 0) is 6.54 Å². The summed E-state index contributed by atoms with van der Waals surface area (Å²) in [6.45, 7) is 2.12. The molecule has 0 radical (unpaired) electrons. The Labute approximate surface area is 102 Å². The number of aryl methyl sites for hydroxylation is 1. The first-order valence-corrected chi connectivity index (χ1v) is 5.69. The third kappa shape index (κ3) is 2.77. The van der Waals surface area contributed by atoms with Crippen LogP contribution in [-0.4, -0.2) is 9.36 Å². The van der Waals surface area contributed by atoms with Crippen LogP contribution in [0.4, 0.5) is 9.52 Å². The highest BCUT2D eigenvalue weighted by Gasteiger charge is 2.05. The van der Waals surface area contributed by atoms with Gasteiger partial charge in [-0.3, -0.25) is 0 Å². The van der Waals surface area contributed by atoms with Gasteiger partial charge in [0.25, 0.3) is 0 Å². The third-order valence-corrected chi connectivity index (χ3v) is 2.90. The van der Waals surface area contributed by atoms with Crippen molar-refractivity contribution in [3.05, 3.63) is 41.0 Å². The molecule has 0 aliphatic carbocycles. The van der Waals surface area contributed by atoms with Crippen LogP contribution in [0.25, 0.3) is 0 Å². The van der Waals surface area contributed by atoms with E-state index in [4.69, 9.17) is 5.26 Å². The van der Waals surface area contributed by atoms with E-state index < -0.39 is 5.82 Å². The summed E-state index contributed by atoms with van der Waals surface area (Å²) in [7, 11) is 0. The Hall–Kier alpha value is -2.00. The van der Waals surface area contributed by atoms with Gasteiger partial charge in [-0.05, 0) is 19.1 Å². The lowest BCUT2D eigenvalue weighted by molar-refractivity contribution is 0.612. The Balaban J connectivity index is 2.07. The van der Waals surface area contributed by atoms with Gasteiger partial charge in [0.05, 0.1) is 11.6 Å². The number of rotatable bonds is 3. The van der Waals surface area contributed by atoms with Crippen LogP contribution >= 0.6 is 11.5 Å². The van der Waals surface area contributed by atoms with Gasteiger partial charge in [-0.1, -0.05) is 6.07 Å². The van der Waals surface area contributed by atoms with Crippen LogP contribution in [0.2, 0.25) is 0 Å². The standard InChI is InChI=1S/C11H9FN4S/c1-7-15-11(17-16-7)14-6-9-3-2-8(5-13)4-10(9)12/h2-4H,6H2,1H3,(H,14,15,16). The van der Waals surface area contributed by atoms with Gasteiger partial charge < -0.3 is 5.32 Å². The van der Waals surface area contributed by atoms with Gasteiger partial charge >= 0.3 is 0 Å². The van der Waals surface area contributed by atoms with Gasteiger partial charge in [0.2, 0.25) is 5.13 Å². The summed E-state index contributed by atoms with van der Waals surface area (Å²) in [4.78, 5) is 4.11. The molecule has 2 rings (SSSR count). The van der Waals surface area contributed by atoms with E-state index in [2.05, 4.69) is 14.7 Å². The van der Waals surface area contributed by atoms with Crippen molar-refractivity contribution in [1.29, 1.82) is 5.26 Å². The van der Waals surface area contributed by atoms with Crippen molar-refractivity contribution in [2.75, 3.05) is 5.32 Å². The Bertz CT molecular complexity index is 573. The van der Waals surface area contributed by atoms with Gasteiger partial charge in [0.1, 0.15) is 11.6 Å². The number of anilines is 1. The molecule has 0 spiro atoms. The fourth-order valence-electron chi connectivity index (χ4n) is 1.30. The van der Waals surface area contributed by atoms with E-state index in [1.165, 1.54) is 17.6 Å². The number of halogens is 1. The largest absolute Gasteiger partial charge is 0.356 e. The average Bonchev–Trinajstić information content (AvgIpc) is 2.73. The normalized spacial score (nSPS) is 9.94. The molecule has 1 aromatic heterocycles. The molecule has 6 heteroatoms. The average molecular weight is 248 g/mol. The number of hydrogen-bond donors (Lipinski definition) is 1. The van der Waals surface area contributed by atoms with Crippen molar-refractivity contribution in [1.82, 2.24) is 9.36 Å². The molecule has 0 bridgehead atoms. The number of aromatic nitrogens is 2. The molecule has 0 aliphatic heterocycles. The third-order valence-electron chi connectivity index (χ3n) is 2.14. The molecule has 0 amide bonds. The minimum Gasteiger partial charge on any atom is -0.356 e. The second-order valence-corrected chi connectivity index (χ2v) is 4.17. The van der Waals surface area contributed by atoms with Crippen LogP contribution in [0.1, 0.15) is 17.0 Å². The molecule has 0 aliphatic rings. The Morgan fingerprint density at radius 3 is 2.94 bits per heavy atom. The van der Waals surface area contributed by atoms with E-state index in [1.54, 1.807) is 19.1 Å². The first-order chi connectivity index (χ1) is 8.19. The minimum absolute atomic E-state index is 0.318. The lowest BCUT2D eigenvalue weighted by Crippen LogP contribution is -2.01. The summed E-state index contributed by atoms with van der Waals surface area (Å²) in [6.07, 6.45) is 0. The summed E-state index contributed by atoms with van der Waals surface area (Å²) in [5, 5.41) is 12.3. The lowest BCUT2D eigenvalue weighted by Gasteiger charge is -2.03. The lowest BCUT2D eigenvalue weighted by atomic mass is 10.1. The summed E-state index contributed by atoms with van der Waals surface area (Å²) < 4.78 is 17.5. The fourth-order valence-corrected chi connectivity index (χ4v) is 1.87. The van der Waals surface area contributed by atoms with Crippen molar-refractivity contribution >= 4 is 16.7 Å². The number of hydrogen-bond acceptors (Lipinski definition) is 5. The maximum absolute atomic E-state index is 13.5. The molecule has 0 saturated heterocycles. The summed E-state index contributed by atoms with van der Waals surface area (Å²) in [5.41, 5.74) is 0.815. The van der Waals surface area contributed by atoms with Crippen LogP contribution in [0.3, 0.4) is 0 Å². The zero-order valence-corrected chi connectivity index (χ0v) is 9.88. The van der Waals surface area contributed by atoms with Gasteiger partial charge in [0, 0.05) is 23.6 Å². The van der Waals surface area contributed by atoms with Crippen LogP contribution in [0.5, 0.6) is 0 Å². The fraction of sp³-hybridized carbons (Fsp3) is 0.182. The molecule has 1 heterocycles. The maximum Gasteiger partial charge on any atom is 0.202 e. The molecule has 17 heavy (non-hydrogen) atoms. The number of nitrogens with zero attached hydrogens (tertiary/aromatic N) is 3. The van der Waals surface area contributed by atoms with Gasteiger partial charge in [0.15, 0.2) is 0 Å². The Kier molecular flexibility index (Phi) is 3.30. The molecule has 0 saturated carbocycles. The zero-order valence-electron chi connectivity index (χ0n) is 9.07. The first-order valence-electron chi connectivity index (χ1n) is 4.92. The van der Waals surface area contributed by atoms with Crippen LogP contribution in [0, 0.1) is 24.1 Å². The maximum atomic E-state index is 13.5. The van der Waals surface area contributed by atoms with Gasteiger partial charge in [-0.15, -0.1) is 0 Å². The first kappa shape index (κ1) is 11.5. The summed E-state index contributed by atoms with van der Waals surface area (Å²) >= 11 is 1.24. The molecule has 4 nitrogen and oxygen atoms in total. The molecule has 1 aromatic carbocycles. The highest BCUT2D eigenvalue weighted by molar-refractivity contribution is 7.09.